The van der Waals surface area contributed by atoms with Gasteiger partial charge in [-0.25, -0.2) is 0 Å². The molecule has 0 radical (unpaired) electrons. The molecule has 0 fully saturated rings. The summed E-state index contributed by atoms with van der Waals surface area (Å²) in [6.45, 7) is 3.56. The second-order valence-electron chi connectivity index (χ2n) is 5.10. The van der Waals surface area contributed by atoms with Gasteiger partial charge in [0.1, 0.15) is 0 Å². The van der Waals surface area contributed by atoms with Gasteiger partial charge >= 0.3 is 0 Å². The normalized spacial score (nSPS) is 18.0. The van der Waals surface area contributed by atoms with Crippen molar-refractivity contribution in [1.29, 1.82) is 0 Å². The van der Waals surface area contributed by atoms with Crippen LogP contribution in [0.3, 0.4) is 0 Å². The molecule has 0 aliphatic heterocycles. The molecule has 0 bridgehead atoms. The quantitative estimate of drug-likeness (QED) is 0.424. The lowest BCUT2D eigenvalue weighted by Gasteiger charge is -2.27. The highest BCUT2D eigenvalue weighted by atomic mass is 16.5. The lowest BCUT2D eigenvalue weighted by Crippen LogP contribution is -2.31. The van der Waals surface area contributed by atoms with Crippen molar-refractivity contribution in [3.05, 3.63) is 0 Å². The van der Waals surface area contributed by atoms with Gasteiger partial charge < -0.3 is 25.2 Å². The highest BCUT2D eigenvalue weighted by Gasteiger charge is 2.21. The van der Waals surface area contributed by atoms with Crippen LogP contribution in [0.15, 0.2) is 0 Å². The minimum absolute atomic E-state index is 0.116. The third-order valence-corrected chi connectivity index (χ3v) is 3.10. The smallest absolute Gasteiger partial charge is 0.0795 e. The Morgan fingerprint density at radius 3 is 1.42 bits per heavy atom. The Morgan fingerprint density at radius 2 is 1.16 bits per heavy atom. The molecule has 4 N–H and O–H groups in total. The van der Waals surface area contributed by atoms with Gasteiger partial charge in [0.25, 0.3) is 0 Å². The molecule has 0 saturated heterocycles. The molecule has 5 heteroatoms. The zero-order valence-corrected chi connectivity index (χ0v) is 12.2. The van der Waals surface area contributed by atoms with Crippen molar-refractivity contribution in [2.75, 3.05) is 13.2 Å². The van der Waals surface area contributed by atoms with Crippen LogP contribution in [0.2, 0.25) is 0 Å². The van der Waals surface area contributed by atoms with E-state index in [-0.39, 0.29) is 25.4 Å². The Bertz CT molecular complexity index is 180. The van der Waals surface area contributed by atoms with Gasteiger partial charge in [0.2, 0.25) is 0 Å². The minimum atomic E-state index is -0.762. The maximum atomic E-state index is 9.51. The van der Waals surface area contributed by atoms with Crippen molar-refractivity contribution in [2.45, 2.75) is 76.8 Å². The number of hydrogen-bond donors (Lipinski definition) is 4. The van der Waals surface area contributed by atoms with E-state index >= 15 is 0 Å². The summed E-state index contributed by atoms with van der Waals surface area (Å²) in [6, 6.07) is 0. The van der Waals surface area contributed by atoms with Crippen LogP contribution in [0.25, 0.3) is 0 Å². The predicted octanol–water partition coefficient (Wildman–Crippen LogP) is 0.827. The van der Waals surface area contributed by atoms with E-state index in [1.54, 1.807) is 0 Å². The molecule has 19 heavy (non-hydrogen) atoms. The summed E-state index contributed by atoms with van der Waals surface area (Å²) in [5, 5.41) is 36.8. The Balaban J connectivity index is 4.36. The molecule has 0 spiro atoms. The minimum Gasteiger partial charge on any atom is -0.394 e. The Labute approximate surface area is 116 Å². The fraction of sp³-hybridized carbons (Fsp3) is 1.00. The molecule has 0 aromatic carbocycles. The van der Waals surface area contributed by atoms with Crippen LogP contribution in [0.5, 0.6) is 0 Å². The van der Waals surface area contributed by atoms with Crippen LogP contribution in [0.1, 0.15) is 52.4 Å². The van der Waals surface area contributed by atoms with Crippen molar-refractivity contribution >= 4 is 0 Å². The molecule has 4 atom stereocenters. The zero-order valence-electron chi connectivity index (χ0n) is 12.2. The summed E-state index contributed by atoms with van der Waals surface area (Å²) in [5.41, 5.74) is 0. The topological polar surface area (TPSA) is 90.2 Å². The molecule has 0 rings (SSSR count). The van der Waals surface area contributed by atoms with Crippen molar-refractivity contribution in [2.24, 2.45) is 0 Å². The molecule has 4 unspecified atom stereocenters. The van der Waals surface area contributed by atoms with Gasteiger partial charge in [0.05, 0.1) is 37.6 Å². The van der Waals surface area contributed by atoms with Crippen molar-refractivity contribution in [3.8, 4) is 0 Å². The molecule has 0 aromatic rings. The van der Waals surface area contributed by atoms with Gasteiger partial charge in [-0.05, 0) is 12.8 Å². The molecule has 5 nitrogen and oxygen atoms in total. The number of hydrogen-bond acceptors (Lipinski definition) is 5. The van der Waals surface area contributed by atoms with E-state index in [1.165, 1.54) is 0 Å². The van der Waals surface area contributed by atoms with Gasteiger partial charge in [-0.15, -0.1) is 0 Å². The Hall–Kier alpha value is -0.200. The fourth-order valence-corrected chi connectivity index (χ4v) is 2.16. The maximum absolute atomic E-state index is 9.51. The molecule has 0 aromatic heterocycles. The van der Waals surface area contributed by atoms with Crippen LogP contribution < -0.4 is 0 Å². The second-order valence-corrected chi connectivity index (χ2v) is 5.10. The third kappa shape index (κ3) is 9.35. The number of aliphatic hydroxyl groups is 4. The SMILES string of the molecule is CCCC(CC(O)CO)OC(CCC)CC(O)CO. The van der Waals surface area contributed by atoms with Crippen molar-refractivity contribution < 1.29 is 25.2 Å². The van der Waals surface area contributed by atoms with Gasteiger partial charge in [-0.3, -0.25) is 0 Å². The average molecular weight is 278 g/mol. The summed E-state index contributed by atoms with van der Waals surface area (Å²) < 4.78 is 5.93. The number of rotatable bonds is 12. The van der Waals surface area contributed by atoms with E-state index in [4.69, 9.17) is 14.9 Å². The third-order valence-electron chi connectivity index (χ3n) is 3.10. The van der Waals surface area contributed by atoms with E-state index in [0.717, 1.165) is 25.7 Å². The average Bonchev–Trinajstić information content (AvgIpc) is 2.38. The van der Waals surface area contributed by atoms with Crippen LogP contribution in [-0.2, 0) is 4.74 Å². The van der Waals surface area contributed by atoms with Crippen LogP contribution in [0.4, 0.5) is 0 Å². The lowest BCUT2D eigenvalue weighted by atomic mass is 10.0. The largest absolute Gasteiger partial charge is 0.394 e. The molecular weight excluding hydrogens is 248 g/mol. The summed E-state index contributed by atoms with van der Waals surface area (Å²) in [4.78, 5) is 0. The van der Waals surface area contributed by atoms with Gasteiger partial charge in [0, 0.05) is 12.8 Å². The summed E-state index contributed by atoms with van der Waals surface area (Å²) >= 11 is 0. The maximum Gasteiger partial charge on any atom is 0.0795 e. The molecule has 116 valence electrons. The van der Waals surface area contributed by atoms with Crippen molar-refractivity contribution in [1.82, 2.24) is 0 Å². The van der Waals surface area contributed by atoms with E-state index in [1.807, 2.05) is 13.8 Å². The first-order chi connectivity index (χ1) is 9.07. The fourth-order valence-electron chi connectivity index (χ4n) is 2.16. The summed E-state index contributed by atoms with van der Waals surface area (Å²) in [7, 11) is 0. The highest BCUT2D eigenvalue weighted by molar-refractivity contribution is 4.70. The first kappa shape index (κ1) is 18.8. The van der Waals surface area contributed by atoms with Crippen molar-refractivity contribution in [3.63, 3.8) is 0 Å². The van der Waals surface area contributed by atoms with Gasteiger partial charge in [-0.1, -0.05) is 26.7 Å². The van der Waals surface area contributed by atoms with Crippen LogP contribution >= 0.6 is 0 Å². The van der Waals surface area contributed by atoms with E-state index in [2.05, 4.69) is 0 Å². The molecule has 0 aliphatic carbocycles. The monoisotopic (exact) mass is 278 g/mol. The molecule has 0 saturated carbocycles. The highest BCUT2D eigenvalue weighted by Crippen LogP contribution is 2.18. The molecular formula is C14H30O5. The first-order valence-electron chi connectivity index (χ1n) is 7.30. The molecule has 0 aliphatic rings. The lowest BCUT2D eigenvalue weighted by molar-refractivity contribution is -0.0702. The van der Waals surface area contributed by atoms with Crippen LogP contribution in [-0.4, -0.2) is 58.1 Å². The van der Waals surface area contributed by atoms with E-state index in [9.17, 15) is 10.2 Å². The second kappa shape index (κ2) is 11.6. The number of ether oxygens (including phenoxy) is 1. The standard InChI is InChI=1S/C14H30O5/c1-3-5-13(7-11(17)9-15)19-14(6-4-2)8-12(18)10-16/h11-18H,3-10H2,1-2H3. The zero-order chi connectivity index (χ0) is 14.7. The van der Waals surface area contributed by atoms with Gasteiger partial charge in [-0.2, -0.15) is 0 Å². The van der Waals surface area contributed by atoms with E-state index in [0.29, 0.717) is 12.8 Å². The summed E-state index contributed by atoms with van der Waals surface area (Å²) in [5.74, 6) is 0. The molecule has 0 amide bonds. The van der Waals surface area contributed by atoms with Crippen LogP contribution in [0, 0.1) is 0 Å². The summed E-state index contributed by atoms with van der Waals surface area (Å²) in [6.07, 6.45) is 2.54. The Kier molecular flexibility index (Phi) is 11.5. The first-order valence-corrected chi connectivity index (χ1v) is 7.30. The number of aliphatic hydroxyl groups excluding tert-OH is 4. The Morgan fingerprint density at radius 1 is 0.789 bits per heavy atom. The van der Waals surface area contributed by atoms with E-state index < -0.39 is 12.2 Å². The molecule has 0 heterocycles. The van der Waals surface area contributed by atoms with Gasteiger partial charge in [0.15, 0.2) is 0 Å². The predicted molar refractivity (Wildman–Crippen MR) is 73.9 cm³/mol.